The van der Waals surface area contributed by atoms with Crippen LogP contribution in [0.4, 0.5) is 0 Å². The van der Waals surface area contributed by atoms with E-state index in [0.717, 1.165) is 12.3 Å². The molecule has 0 bridgehead atoms. The second-order valence-electron chi connectivity index (χ2n) is 13.5. The van der Waals surface area contributed by atoms with Gasteiger partial charge in [-0.2, -0.15) is 0 Å². The van der Waals surface area contributed by atoms with Gasteiger partial charge in [-0.15, -0.1) is 75.7 Å². The van der Waals surface area contributed by atoms with Crippen molar-refractivity contribution in [3.8, 4) is 0 Å². The van der Waals surface area contributed by atoms with E-state index >= 15 is 0 Å². The van der Waals surface area contributed by atoms with Gasteiger partial charge in [0.25, 0.3) is 23.6 Å². The molecule has 0 saturated carbocycles. The van der Waals surface area contributed by atoms with E-state index in [4.69, 9.17) is 89.8 Å². The van der Waals surface area contributed by atoms with E-state index in [-0.39, 0.29) is 176 Å². The number of nitrogens with zero attached hydrogens (tertiary/aromatic N) is 2. The zero-order valence-corrected chi connectivity index (χ0v) is 59.6. The Bertz CT molecular complexity index is 2670. The molecule has 2 saturated heterocycles. The Labute approximate surface area is 575 Å². The molecule has 2 aliphatic heterocycles. The minimum atomic E-state index is -3.41. The number of carbonyl (C=O) groups excluding carboxylic acids is 7. The number of nitrogens with one attached hydrogen (secondary N) is 1. The molecular weight excluding hydrogens is 1470 g/mol. The molecule has 4 amide bonds. The summed E-state index contributed by atoms with van der Waals surface area (Å²) in [5, 5.41) is 15.9. The van der Waals surface area contributed by atoms with Crippen molar-refractivity contribution in [2.75, 3.05) is 81.6 Å². The first kappa shape index (κ1) is 108. The Morgan fingerprint density at radius 2 is 0.821 bits per heavy atom. The number of aliphatic carboxylic acids is 2. The topological polar surface area (TPSA) is 512 Å². The van der Waals surface area contributed by atoms with Crippen LogP contribution in [0.25, 0.3) is 0 Å². The van der Waals surface area contributed by atoms with Gasteiger partial charge in [-0.1, -0.05) is 20.1 Å². The van der Waals surface area contributed by atoms with Crippen molar-refractivity contribution in [3.63, 3.8) is 0 Å². The summed E-state index contributed by atoms with van der Waals surface area (Å²) in [6, 6.07) is 0. The molecule has 84 heavy (non-hydrogen) atoms. The van der Waals surface area contributed by atoms with Crippen LogP contribution in [-0.4, -0.2) is 219 Å². The van der Waals surface area contributed by atoms with Gasteiger partial charge in [0.2, 0.25) is 14.5 Å². The minimum Gasteiger partial charge on any atom is -1.00 e. The van der Waals surface area contributed by atoms with Crippen LogP contribution in [0, 0.1) is 4.78 Å². The normalized spacial score (nSPS) is 12.0. The monoisotopic (exact) mass is 1530 g/mol. The molecule has 0 aromatic rings. The molecule has 0 aliphatic carbocycles. The second-order valence-corrected chi connectivity index (χ2v) is 29.8. The van der Waals surface area contributed by atoms with Crippen LogP contribution < -0.4 is 59.1 Å². The Morgan fingerprint density at radius 1 is 0.583 bits per heavy atom. The first-order valence-electron chi connectivity index (χ1n) is 20.4. The number of carboxylic acids is 2. The summed E-state index contributed by atoms with van der Waals surface area (Å²) in [6.45, 7) is 6.24. The van der Waals surface area contributed by atoms with Gasteiger partial charge in [0.15, 0.2) is 39.3 Å². The largest absolute Gasteiger partial charge is 1.00 e. The summed E-state index contributed by atoms with van der Waals surface area (Å²) < 4.78 is 148. The SMILES string of the molecule is C.C=CC(=O)O.C=CCS(=O)(=O)CCC(=O)ON1C(=O)CCC1=O.CS(=O)(=O)CCCl.N=S.O=C(CCS(=O)(=O)CCCl)ON1C(=O)CCC1=O.O=C(Cl)CCS(=O)(=O)CCCl.O=C(O)CCS(=O)(=O)CCCl.O=S(=O)=O.O=S(Cl)Cl.[H-].[Na+].[Na+].[OH-]. The van der Waals surface area contributed by atoms with E-state index in [1.807, 2.05) is 0 Å². The fourth-order valence-corrected chi connectivity index (χ4v) is 10.9. The number of carboxylic acid groups (broad SMARTS) is 2. The quantitative estimate of drug-likeness (QED) is 0.0194. The van der Waals surface area contributed by atoms with Gasteiger partial charge in [-0.05, 0) is 11.6 Å². The summed E-state index contributed by atoms with van der Waals surface area (Å²) in [6.07, 6.45) is 1.89. The number of imide groups is 2. The summed E-state index contributed by atoms with van der Waals surface area (Å²) in [7, 11) is -11.8. The number of hydroxylamine groups is 4. The van der Waals surface area contributed by atoms with Crippen LogP contribution in [0.2, 0.25) is 0 Å². The number of amides is 4. The Morgan fingerprint density at radius 3 is 1.01 bits per heavy atom. The predicted octanol–water partition coefficient (Wildman–Crippen LogP) is -4.43. The van der Waals surface area contributed by atoms with Crippen LogP contribution in [0.1, 0.15) is 60.2 Å². The van der Waals surface area contributed by atoms with Crippen molar-refractivity contribution in [3.05, 3.63) is 25.3 Å². The number of hydrogen-bond donors (Lipinski definition) is 3. The molecule has 2 heterocycles. The van der Waals surface area contributed by atoms with Gasteiger partial charge in [-0.3, -0.25) is 28.8 Å². The van der Waals surface area contributed by atoms with E-state index in [0.29, 0.717) is 10.1 Å². The standard InChI is InChI=1S/C10H13NO6S.C9H12ClNO6S.C5H8Cl2O3S.C5H9ClO4S.C3H7ClO2S.C3H4O2.CH4.Cl2OS.HNS.2Na.O3S.H2O.H/c1-2-6-18(15,16)7-5-10(14)17-11-8(12)3-4-9(11)13;10-4-6-18(15,16)5-3-9(14)17-11-7(12)1-2-8(11)13;2*6-2-4-11(9,10)3-1-5(7)8;1-7(5,6)3-2-4;1-2-3(4)5;;1-4(2)3;1-2;;;1-4(2)3;;/h2H,1,3-7H2;1-6H2;1-4H2;1-4H2,(H,7,8);2-3H2,1H3;2H,1H2,(H,4,5);1H4;;1H;;;;1H2;/q;;;;;;;;;2*+1;;;-1/p-1. The number of halogens is 7. The maximum absolute atomic E-state index is 11.3. The van der Waals surface area contributed by atoms with Crippen LogP contribution >= 0.6 is 79.4 Å². The average Bonchev–Trinajstić information content (AvgIpc) is 3.80. The Balaban J connectivity index is -0.0000000745. The van der Waals surface area contributed by atoms with Crippen molar-refractivity contribution in [2.24, 2.45) is 0 Å². The summed E-state index contributed by atoms with van der Waals surface area (Å²) in [4.78, 5) is 105. The Hall–Kier alpha value is -1.16. The summed E-state index contributed by atoms with van der Waals surface area (Å²) in [5.41, 5.74) is 0. The molecule has 0 aromatic heterocycles. The first-order chi connectivity index (χ1) is 36.5. The molecular formula is C36H60Cl7N3Na2O28S8. The van der Waals surface area contributed by atoms with Gasteiger partial charge < -0.3 is 26.8 Å². The van der Waals surface area contributed by atoms with Crippen molar-refractivity contribution in [2.45, 2.75) is 58.8 Å². The van der Waals surface area contributed by atoms with E-state index in [9.17, 15) is 85.2 Å². The number of rotatable bonds is 25. The molecule has 48 heteroatoms. The van der Waals surface area contributed by atoms with Gasteiger partial charge in [0.05, 0.1) is 71.0 Å². The molecule has 0 aromatic carbocycles. The molecule has 0 unspecified atom stereocenters. The van der Waals surface area contributed by atoms with E-state index < -0.39 is 146 Å². The molecule has 0 spiro atoms. The number of alkyl halides is 4. The fraction of sp³-hybridized carbons (Fsp3) is 0.639. The average molecular weight is 1530 g/mol. The maximum atomic E-state index is 11.3. The van der Waals surface area contributed by atoms with Crippen LogP contribution in [-0.2, 0) is 134 Å². The molecule has 0 radical (unpaired) electrons. The smallest absolute Gasteiger partial charge is 1.00 e. The van der Waals surface area contributed by atoms with Gasteiger partial charge in [0.1, 0.15) is 9.84 Å². The van der Waals surface area contributed by atoms with Gasteiger partial charge in [-0.25, -0.2) is 65.5 Å². The predicted molar refractivity (Wildman–Crippen MR) is 306 cm³/mol. The second kappa shape index (κ2) is 62.1. The van der Waals surface area contributed by atoms with Crippen molar-refractivity contribution < 1.29 is 188 Å². The van der Waals surface area contributed by atoms with Gasteiger partial charge in [0, 0.05) is 102 Å². The molecule has 31 nitrogen and oxygen atoms in total. The fourth-order valence-electron chi connectivity index (χ4n) is 3.63. The van der Waals surface area contributed by atoms with Crippen LogP contribution in [0.5, 0.6) is 0 Å². The molecule has 4 N–H and O–H groups in total. The van der Waals surface area contributed by atoms with E-state index in [1.54, 1.807) is 0 Å². The van der Waals surface area contributed by atoms with Crippen LogP contribution in [0.3, 0.4) is 0 Å². The van der Waals surface area contributed by atoms with Crippen molar-refractivity contribution in [1.29, 1.82) is 4.78 Å². The van der Waals surface area contributed by atoms with E-state index in [2.05, 4.69) is 56.6 Å². The number of carbonyl (C=O) groups is 9. The molecule has 0 atom stereocenters. The maximum Gasteiger partial charge on any atom is 1.00 e. The molecule has 2 fully saturated rings. The zero-order chi connectivity index (χ0) is 64.7. The van der Waals surface area contributed by atoms with Crippen molar-refractivity contribution >= 4 is 214 Å². The number of hydrogen-bond acceptors (Lipinski definition) is 28. The third kappa shape index (κ3) is 82.9. The third-order valence-electron chi connectivity index (χ3n) is 7.03. The molecule has 2 aliphatic rings. The first-order valence-corrected chi connectivity index (χ1v) is 36.5. The zero-order valence-electron chi connectivity index (χ0n) is 44.8. The number of sulfone groups is 5. The van der Waals surface area contributed by atoms with Crippen LogP contribution in [0.15, 0.2) is 25.3 Å². The summed E-state index contributed by atoms with van der Waals surface area (Å²) >= 11 is 29.1. The molecule has 2 rings (SSSR count). The molecule has 486 valence electrons. The van der Waals surface area contributed by atoms with E-state index in [1.165, 1.54) is 6.08 Å². The van der Waals surface area contributed by atoms with Crippen molar-refractivity contribution in [1.82, 2.24) is 10.1 Å². The summed E-state index contributed by atoms with van der Waals surface area (Å²) in [5.74, 6) is -8.13. The Kier molecular flexibility index (Phi) is 79.4. The minimum absolute atomic E-state index is 0. The third-order valence-corrected chi connectivity index (χ3v) is 16.3. The van der Waals surface area contributed by atoms with Gasteiger partial charge >= 0.3 is 93.6 Å².